The largest absolute Gasteiger partial charge is 0.310 e. The normalized spacial score (nSPS) is 12.9. The van der Waals surface area contributed by atoms with Gasteiger partial charge in [0.15, 0.2) is 0 Å². The van der Waals surface area contributed by atoms with E-state index in [1.165, 1.54) is 84.7 Å². The van der Waals surface area contributed by atoms with E-state index in [9.17, 15) is 0 Å². The topological polar surface area (TPSA) is 3.24 Å². The first-order valence-corrected chi connectivity index (χ1v) is 17.9. The van der Waals surface area contributed by atoms with Crippen molar-refractivity contribution in [1.82, 2.24) is 0 Å². The molecule has 0 N–H and O–H groups in total. The van der Waals surface area contributed by atoms with E-state index in [0.717, 1.165) is 18.5 Å². The molecule has 7 aromatic carbocycles. The van der Waals surface area contributed by atoms with Crippen molar-refractivity contribution in [3.63, 3.8) is 0 Å². The van der Waals surface area contributed by atoms with Crippen LogP contribution in [0, 0.1) is 0 Å². The van der Waals surface area contributed by atoms with Crippen LogP contribution in [0.2, 0.25) is 0 Å². The predicted molar refractivity (Wildman–Crippen MR) is 207 cm³/mol. The Morgan fingerprint density at radius 2 is 1.26 bits per heavy atom. The monoisotopic (exact) mass is 635 g/mol. The highest BCUT2D eigenvalue weighted by atomic mass is 32.1. The third-order valence-electron chi connectivity index (χ3n) is 9.70. The standard InChI is InChI=1S/C44H29NS2/c1-2-11-31-26-43-38(25-30(31)10-1)44-39(16-8-18-42(44)47-43)45(33-23-24-41-37(27-33)36-14-5-6-17-40(36)46-41)32-21-19-29(20-22-32)35-15-7-12-28-9-3-4-13-34(28)35/h1,3-10,12-27H,2,11H2. The van der Waals surface area contributed by atoms with E-state index in [0.29, 0.717) is 0 Å². The Labute approximate surface area is 281 Å². The molecule has 1 aliphatic carbocycles. The molecular formula is C44H29NS2. The van der Waals surface area contributed by atoms with E-state index in [-0.39, 0.29) is 0 Å². The minimum absolute atomic E-state index is 1.12. The average Bonchev–Trinajstić information content (AvgIpc) is 3.69. The summed E-state index contributed by atoms with van der Waals surface area (Å²) >= 11 is 3.78. The maximum atomic E-state index is 2.47. The quantitative estimate of drug-likeness (QED) is 0.186. The molecule has 0 radical (unpaired) electrons. The van der Waals surface area contributed by atoms with E-state index < -0.39 is 0 Å². The highest BCUT2D eigenvalue weighted by molar-refractivity contribution is 7.26. The molecule has 1 nitrogen and oxygen atoms in total. The van der Waals surface area contributed by atoms with Crippen LogP contribution in [0.1, 0.15) is 17.5 Å². The molecule has 10 rings (SSSR count). The van der Waals surface area contributed by atoms with Crippen molar-refractivity contribution in [2.45, 2.75) is 12.8 Å². The summed E-state index contributed by atoms with van der Waals surface area (Å²) in [5.41, 5.74) is 8.84. The Morgan fingerprint density at radius 1 is 0.511 bits per heavy atom. The third kappa shape index (κ3) is 4.35. The highest BCUT2D eigenvalue weighted by Gasteiger charge is 2.21. The first-order valence-electron chi connectivity index (χ1n) is 16.2. The molecule has 0 amide bonds. The van der Waals surface area contributed by atoms with Crippen molar-refractivity contribution < 1.29 is 0 Å². The van der Waals surface area contributed by atoms with Crippen molar-refractivity contribution in [3.8, 4) is 11.1 Å². The highest BCUT2D eigenvalue weighted by Crippen LogP contribution is 2.47. The molecule has 47 heavy (non-hydrogen) atoms. The summed E-state index contributed by atoms with van der Waals surface area (Å²) in [5.74, 6) is 0. The second kappa shape index (κ2) is 10.7. The molecule has 2 heterocycles. The fraction of sp³-hybridized carbons (Fsp3) is 0.0455. The molecule has 1 aliphatic rings. The summed E-state index contributed by atoms with van der Waals surface area (Å²) in [6.07, 6.45) is 6.86. The second-order valence-electron chi connectivity index (χ2n) is 12.4. The molecule has 0 unspecified atom stereocenters. The molecule has 9 aromatic rings. The van der Waals surface area contributed by atoms with E-state index in [4.69, 9.17) is 0 Å². The fourth-order valence-corrected chi connectivity index (χ4v) is 9.73. The second-order valence-corrected chi connectivity index (χ2v) is 14.6. The lowest BCUT2D eigenvalue weighted by atomic mass is 9.95. The SMILES string of the molecule is C1=Cc2cc3c(cc2CC1)sc1cccc(N(c2ccc(-c4cccc5ccccc45)cc2)c2ccc4sc5ccccc5c4c2)c13. The van der Waals surface area contributed by atoms with Gasteiger partial charge < -0.3 is 4.90 Å². The minimum Gasteiger partial charge on any atom is -0.310 e. The van der Waals surface area contributed by atoms with Crippen LogP contribution in [-0.2, 0) is 6.42 Å². The molecule has 3 heteroatoms. The zero-order valence-corrected chi connectivity index (χ0v) is 27.2. The number of fused-ring (bicyclic) bond motifs is 8. The molecule has 0 spiro atoms. The van der Waals surface area contributed by atoms with Gasteiger partial charge in [-0.25, -0.2) is 0 Å². The molecule has 2 aromatic heterocycles. The Balaban J connectivity index is 1.21. The average molecular weight is 636 g/mol. The Bertz CT molecular complexity index is 2680. The van der Waals surface area contributed by atoms with Gasteiger partial charge in [0, 0.05) is 51.7 Å². The molecule has 0 bridgehead atoms. The predicted octanol–water partition coefficient (Wildman–Crippen LogP) is 13.7. The molecule has 0 aliphatic heterocycles. The first kappa shape index (κ1) is 26.9. The number of hydrogen-bond acceptors (Lipinski definition) is 3. The van der Waals surface area contributed by atoms with Crippen molar-refractivity contribution in [3.05, 3.63) is 157 Å². The van der Waals surface area contributed by atoms with Crippen molar-refractivity contribution in [2.24, 2.45) is 0 Å². The van der Waals surface area contributed by atoms with Gasteiger partial charge in [-0.2, -0.15) is 0 Å². The number of aryl methyl sites for hydroxylation is 1. The van der Waals surface area contributed by atoms with Crippen molar-refractivity contribution >= 4 is 96.9 Å². The van der Waals surface area contributed by atoms with Crippen LogP contribution in [0.5, 0.6) is 0 Å². The van der Waals surface area contributed by atoms with Gasteiger partial charge in [-0.15, -0.1) is 22.7 Å². The van der Waals surface area contributed by atoms with E-state index >= 15 is 0 Å². The fourth-order valence-electron chi connectivity index (χ4n) is 7.47. The summed E-state index contributed by atoms with van der Waals surface area (Å²) in [7, 11) is 0. The van der Waals surface area contributed by atoms with Crippen molar-refractivity contribution in [2.75, 3.05) is 4.90 Å². The number of allylic oxidation sites excluding steroid dienone is 1. The lowest BCUT2D eigenvalue weighted by molar-refractivity contribution is 0.989. The van der Waals surface area contributed by atoms with Crippen LogP contribution in [0.3, 0.4) is 0 Å². The van der Waals surface area contributed by atoms with E-state index in [2.05, 4.69) is 157 Å². The smallest absolute Gasteiger partial charge is 0.0554 e. The Kier molecular flexibility index (Phi) is 6.12. The maximum Gasteiger partial charge on any atom is 0.0554 e. The van der Waals surface area contributed by atoms with Crippen LogP contribution in [0.4, 0.5) is 17.1 Å². The molecular weight excluding hydrogens is 607 g/mol. The maximum absolute atomic E-state index is 2.47. The molecule has 0 saturated carbocycles. The molecule has 0 atom stereocenters. The van der Waals surface area contributed by atoms with Gasteiger partial charge in [-0.1, -0.05) is 91.0 Å². The number of thiophene rings is 2. The summed E-state index contributed by atoms with van der Waals surface area (Å²) in [6, 6.07) is 51.9. The van der Waals surface area contributed by atoms with Gasteiger partial charge in [-0.05, 0) is 107 Å². The lowest BCUT2D eigenvalue weighted by Gasteiger charge is -2.27. The molecule has 0 saturated heterocycles. The lowest BCUT2D eigenvalue weighted by Crippen LogP contribution is -2.10. The zero-order valence-electron chi connectivity index (χ0n) is 25.6. The van der Waals surface area contributed by atoms with Gasteiger partial charge in [0.05, 0.1) is 5.69 Å². The summed E-state index contributed by atoms with van der Waals surface area (Å²) in [4.78, 5) is 2.47. The Morgan fingerprint density at radius 3 is 2.19 bits per heavy atom. The summed E-state index contributed by atoms with van der Waals surface area (Å²) in [6.45, 7) is 0. The zero-order chi connectivity index (χ0) is 30.9. The Hall–Kier alpha value is -5.22. The van der Waals surface area contributed by atoms with Crippen LogP contribution in [-0.4, -0.2) is 0 Å². The van der Waals surface area contributed by atoms with Gasteiger partial charge in [-0.3, -0.25) is 0 Å². The van der Waals surface area contributed by atoms with Crippen LogP contribution >= 0.6 is 22.7 Å². The van der Waals surface area contributed by atoms with Gasteiger partial charge in [0.1, 0.15) is 0 Å². The number of rotatable bonds is 4. The third-order valence-corrected chi connectivity index (χ3v) is 12.0. The van der Waals surface area contributed by atoms with Crippen molar-refractivity contribution in [1.29, 1.82) is 0 Å². The van der Waals surface area contributed by atoms with Gasteiger partial charge in [0.2, 0.25) is 0 Å². The number of hydrogen-bond donors (Lipinski definition) is 0. The summed E-state index contributed by atoms with van der Waals surface area (Å²) in [5, 5.41) is 7.83. The van der Waals surface area contributed by atoms with Crippen LogP contribution in [0.15, 0.2) is 146 Å². The minimum atomic E-state index is 1.12. The first-order chi connectivity index (χ1) is 23.3. The molecule has 0 fully saturated rings. The number of anilines is 3. The van der Waals surface area contributed by atoms with E-state index in [1.807, 2.05) is 22.7 Å². The molecule has 222 valence electrons. The number of benzene rings is 7. The van der Waals surface area contributed by atoms with E-state index in [1.54, 1.807) is 0 Å². The van der Waals surface area contributed by atoms with Gasteiger partial charge >= 0.3 is 0 Å². The van der Waals surface area contributed by atoms with Crippen LogP contribution < -0.4 is 4.90 Å². The number of nitrogens with zero attached hydrogens (tertiary/aromatic N) is 1. The van der Waals surface area contributed by atoms with Crippen LogP contribution in [0.25, 0.3) is 68.3 Å². The summed E-state index contributed by atoms with van der Waals surface area (Å²) < 4.78 is 5.34. The van der Waals surface area contributed by atoms with Gasteiger partial charge in [0.25, 0.3) is 0 Å².